The SMILES string of the molecule is O=C1Nc2ccc(Cl)cc2C1=Cc1ccc(-c2cccc(C(=O)N3CCCC(O)C3)c2)o1. The molecule has 0 aliphatic carbocycles. The number of benzene rings is 2. The van der Waals surface area contributed by atoms with E-state index in [0.717, 1.165) is 24.0 Å². The summed E-state index contributed by atoms with van der Waals surface area (Å²) in [5.41, 5.74) is 3.24. The molecule has 2 aromatic carbocycles. The van der Waals surface area contributed by atoms with E-state index in [4.69, 9.17) is 16.0 Å². The molecule has 3 aromatic rings. The molecule has 1 aromatic heterocycles. The number of nitrogens with one attached hydrogen (secondary N) is 1. The van der Waals surface area contributed by atoms with E-state index < -0.39 is 6.10 Å². The molecule has 6 nitrogen and oxygen atoms in total. The van der Waals surface area contributed by atoms with Gasteiger partial charge in [0.25, 0.3) is 11.8 Å². The Morgan fingerprint density at radius 3 is 2.91 bits per heavy atom. The Labute approximate surface area is 190 Å². The molecular weight excluding hydrogens is 428 g/mol. The number of piperidine rings is 1. The largest absolute Gasteiger partial charge is 0.457 e. The third-order valence-electron chi connectivity index (χ3n) is 5.76. The highest BCUT2D eigenvalue weighted by Crippen LogP contribution is 2.35. The van der Waals surface area contributed by atoms with Gasteiger partial charge in [0.05, 0.1) is 11.7 Å². The van der Waals surface area contributed by atoms with Crippen LogP contribution in [0, 0.1) is 0 Å². The first-order chi connectivity index (χ1) is 15.5. The van der Waals surface area contributed by atoms with Gasteiger partial charge in [-0.25, -0.2) is 0 Å². The fourth-order valence-corrected chi connectivity index (χ4v) is 4.33. The fourth-order valence-electron chi connectivity index (χ4n) is 4.16. The predicted molar refractivity (Wildman–Crippen MR) is 123 cm³/mol. The average Bonchev–Trinajstić information content (AvgIpc) is 3.38. The Hall–Kier alpha value is -3.35. The van der Waals surface area contributed by atoms with Crippen LogP contribution in [0.1, 0.15) is 34.5 Å². The molecule has 3 heterocycles. The van der Waals surface area contributed by atoms with Gasteiger partial charge in [-0.1, -0.05) is 23.7 Å². The lowest BCUT2D eigenvalue weighted by Crippen LogP contribution is -2.42. The van der Waals surface area contributed by atoms with Crippen LogP contribution >= 0.6 is 11.6 Å². The van der Waals surface area contributed by atoms with E-state index in [1.807, 2.05) is 18.2 Å². The summed E-state index contributed by atoms with van der Waals surface area (Å²) in [6.07, 6.45) is 2.74. The van der Waals surface area contributed by atoms with E-state index in [1.54, 1.807) is 47.4 Å². The van der Waals surface area contributed by atoms with Crippen molar-refractivity contribution in [2.75, 3.05) is 18.4 Å². The number of β-amino-alcohol motifs (C(OH)–C–C–N with tert-alkyl or cyclic N) is 1. The number of amides is 2. The van der Waals surface area contributed by atoms with E-state index in [0.29, 0.717) is 46.5 Å². The molecule has 7 heteroatoms. The van der Waals surface area contributed by atoms with Crippen LogP contribution in [0.15, 0.2) is 59.0 Å². The Balaban J connectivity index is 1.41. The molecule has 162 valence electrons. The Bertz CT molecular complexity index is 1250. The van der Waals surface area contributed by atoms with Crippen molar-refractivity contribution >= 4 is 40.8 Å². The van der Waals surface area contributed by atoms with E-state index in [-0.39, 0.29) is 11.8 Å². The van der Waals surface area contributed by atoms with Crippen molar-refractivity contribution < 1.29 is 19.1 Å². The van der Waals surface area contributed by atoms with Crippen LogP contribution in [-0.2, 0) is 4.79 Å². The quantitative estimate of drug-likeness (QED) is 0.569. The number of nitrogens with zero attached hydrogens (tertiary/aromatic N) is 1. The summed E-state index contributed by atoms with van der Waals surface area (Å²) in [4.78, 5) is 26.9. The van der Waals surface area contributed by atoms with E-state index >= 15 is 0 Å². The summed E-state index contributed by atoms with van der Waals surface area (Å²) < 4.78 is 5.97. The lowest BCUT2D eigenvalue weighted by molar-refractivity contribution is -0.110. The molecule has 0 bridgehead atoms. The molecule has 1 fully saturated rings. The Morgan fingerprint density at radius 2 is 2.06 bits per heavy atom. The van der Waals surface area contributed by atoms with E-state index in [1.165, 1.54) is 0 Å². The minimum atomic E-state index is -0.468. The second-order valence-electron chi connectivity index (χ2n) is 8.03. The van der Waals surface area contributed by atoms with Crippen LogP contribution in [0.4, 0.5) is 5.69 Å². The van der Waals surface area contributed by atoms with Gasteiger partial charge >= 0.3 is 0 Å². The Kier molecular flexibility index (Phi) is 5.33. The summed E-state index contributed by atoms with van der Waals surface area (Å²) in [6, 6.07) is 16.1. The van der Waals surface area contributed by atoms with Gasteiger partial charge < -0.3 is 19.7 Å². The van der Waals surface area contributed by atoms with Crippen molar-refractivity contribution in [1.29, 1.82) is 0 Å². The number of likely N-dealkylation sites (tertiary alicyclic amines) is 1. The summed E-state index contributed by atoms with van der Waals surface area (Å²) in [6.45, 7) is 1.00. The molecular formula is C25H21ClN2O4. The van der Waals surface area contributed by atoms with Crippen molar-refractivity contribution in [3.05, 3.63) is 76.5 Å². The first kappa shape index (κ1) is 20.5. The molecule has 2 aliphatic rings. The number of rotatable bonds is 3. The van der Waals surface area contributed by atoms with Gasteiger partial charge in [0, 0.05) is 40.5 Å². The molecule has 2 N–H and O–H groups in total. The standard InChI is InChI=1S/C25H21ClN2O4/c26-17-6-8-22-20(12-17)21(24(30)27-22)13-19-7-9-23(32-19)15-3-1-4-16(11-15)25(31)28-10-2-5-18(29)14-28/h1,3-4,6-9,11-13,18,29H,2,5,10,14H2,(H,27,30). The average molecular weight is 449 g/mol. The zero-order valence-electron chi connectivity index (χ0n) is 17.2. The fraction of sp³-hybridized carbons (Fsp3) is 0.200. The van der Waals surface area contributed by atoms with Gasteiger partial charge in [-0.3, -0.25) is 9.59 Å². The maximum absolute atomic E-state index is 12.9. The van der Waals surface area contributed by atoms with Gasteiger partial charge in [-0.05, 0) is 61.4 Å². The summed E-state index contributed by atoms with van der Waals surface area (Å²) >= 11 is 6.09. The molecule has 2 amide bonds. The third-order valence-corrected chi connectivity index (χ3v) is 5.99. The minimum absolute atomic E-state index is 0.101. The highest BCUT2D eigenvalue weighted by atomic mass is 35.5. The van der Waals surface area contributed by atoms with Gasteiger partial charge in [-0.2, -0.15) is 0 Å². The van der Waals surface area contributed by atoms with Crippen LogP contribution in [0.3, 0.4) is 0 Å². The van der Waals surface area contributed by atoms with Crippen LogP contribution in [0.25, 0.3) is 23.0 Å². The smallest absolute Gasteiger partial charge is 0.256 e. The molecule has 1 saturated heterocycles. The summed E-state index contributed by atoms with van der Waals surface area (Å²) in [7, 11) is 0. The van der Waals surface area contributed by atoms with Crippen molar-refractivity contribution in [1.82, 2.24) is 4.90 Å². The number of halogens is 1. The lowest BCUT2D eigenvalue weighted by atomic mass is 10.0. The molecule has 32 heavy (non-hydrogen) atoms. The highest BCUT2D eigenvalue weighted by Gasteiger charge is 2.25. The predicted octanol–water partition coefficient (Wildman–Crippen LogP) is 4.69. The van der Waals surface area contributed by atoms with Crippen molar-refractivity contribution in [3.8, 4) is 11.3 Å². The maximum Gasteiger partial charge on any atom is 0.256 e. The number of anilines is 1. The number of carbonyl (C=O) groups is 2. The molecule has 1 atom stereocenters. The zero-order chi connectivity index (χ0) is 22.2. The van der Waals surface area contributed by atoms with Crippen LogP contribution in [0.5, 0.6) is 0 Å². The van der Waals surface area contributed by atoms with Gasteiger partial charge in [-0.15, -0.1) is 0 Å². The zero-order valence-corrected chi connectivity index (χ0v) is 17.9. The van der Waals surface area contributed by atoms with Gasteiger partial charge in [0.15, 0.2) is 0 Å². The molecule has 0 radical (unpaired) electrons. The number of aliphatic hydroxyl groups is 1. The normalized spacial score (nSPS) is 19.2. The number of hydrogen-bond acceptors (Lipinski definition) is 4. The number of aliphatic hydroxyl groups excluding tert-OH is 1. The topological polar surface area (TPSA) is 82.8 Å². The summed E-state index contributed by atoms with van der Waals surface area (Å²) in [5, 5.41) is 13.2. The van der Waals surface area contributed by atoms with Crippen molar-refractivity contribution in [2.45, 2.75) is 18.9 Å². The molecule has 5 rings (SSSR count). The monoisotopic (exact) mass is 448 g/mol. The number of carbonyl (C=O) groups excluding carboxylic acids is 2. The second-order valence-corrected chi connectivity index (χ2v) is 8.47. The Morgan fingerprint density at radius 1 is 1.19 bits per heavy atom. The van der Waals surface area contributed by atoms with Gasteiger partial charge in [0.2, 0.25) is 0 Å². The van der Waals surface area contributed by atoms with Crippen molar-refractivity contribution in [2.24, 2.45) is 0 Å². The first-order valence-electron chi connectivity index (χ1n) is 10.5. The summed E-state index contributed by atoms with van der Waals surface area (Å²) in [5.74, 6) is 0.802. The molecule has 0 spiro atoms. The molecule has 1 unspecified atom stereocenters. The number of furan rings is 1. The van der Waals surface area contributed by atoms with Crippen molar-refractivity contribution in [3.63, 3.8) is 0 Å². The third kappa shape index (κ3) is 3.95. The highest BCUT2D eigenvalue weighted by molar-refractivity contribution is 6.36. The molecule has 2 aliphatic heterocycles. The lowest BCUT2D eigenvalue weighted by Gasteiger charge is -2.30. The molecule has 0 saturated carbocycles. The number of hydrogen-bond donors (Lipinski definition) is 2. The van der Waals surface area contributed by atoms with E-state index in [9.17, 15) is 14.7 Å². The van der Waals surface area contributed by atoms with E-state index in [2.05, 4.69) is 5.32 Å². The number of fused-ring (bicyclic) bond motifs is 1. The van der Waals surface area contributed by atoms with Crippen LogP contribution in [-0.4, -0.2) is 41.0 Å². The second kappa shape index (κ2) is 8.30. The van der Waals surface area contributed by atoms with Crippen LogP contribution < -0.4 is 5.32 Å². The minimum Gasteiger partial charge on any atom is -0.457 e. The maximum atomic E-state index is 12.9. The first-order valence-corrected chi connectivity index (χ1v) is 10.9. The van der Waals surface area contributed by atoms with Gasteiger partial charge in [0.1, 0.15) is 11.5 Å². The van der Waals surface area contributed by atoms with Crippen LogP contribution in [0.2, 0.25) is 5.02 Å².